The van der Waals surface area contributed by atoms with Crippen molar-refractivity contribution in [1.29, 1.82) is 0 Å². The molecule has 0 unspecified atom stereocenters. The van der Waals surface area contributed by atoms with E-state index in [0.717, 1.165) is 44.5 Å². The van der Waals surface area contributed by atoms with Gasteiger partial charge in [0.2, 0.25) is 0 Å². The second kappa shape index (κ2) is 11.6. The van der Waals surface area contributed by atoms with E-state index in [0.29, 0.717) is 0 Å². The lowest BCUT2D eigenvalue weighted by molar-refractivity contribution is 0.660. The van der Waals surface area contributed by atoms with E-state index in [-0.39, 0.29) is 5.41 Å². The molecule has 3 heteroatoms. The molecule has 0 aliphatic heterocycles. The zero-order valence-electron chi connectivity index (χ0n) is 29.2. The number of hydrogen-bond acceptors (Lipinski definition) is 1. The van der Waals surface area contributed by atoms with Crippen molar-refractivity contribution >= 4 is 62.9 Å². The monoisotopic (exact) mass is 662 g/mol. The first kappa shape index (κ1) is 30.5. The zero-order chi connectivity index (χ0) is 35.0. The Bertz CT molecular complexity index is 2830. The summed E-state index contributed by atoms with van der Waals surface area (Å²) in [6, 6.07) is 63.7. The Hall–Kier alpha value is -6.32. The molecule has 8 aromatic carbocycles. The van der Waals surface area contributed by atoms with Crippen molar-refractivity contribution in [2.24, 2.45) is 0 Å². The second-order valence-electron chi connectivity index (χ2n) is 14.4. The summed E-state index contributed by atoms with van der Waals surface area (Å²) in [6.45, 7) is 4.70. The maximum Gasteiger partial charge on any atom is 0.114 e. The molecule has 1 aromatic heterocycles. The maximum atomic E-state index is 6.38. The topological polar surface area (TPSA) is 8.17 Å². The van der Waals surface area contributed by atoms with Crippen LogP contribution >= 0.6 is 0 Å². The first-order chi connectivity index (χ1) is 25.5. The summed E-state index contributed by atoms with van der Waals surface area (Å²) in [7, 11) is 6.38. The zero-order valence-corrected chi connectivity index (χ0v) is 29.2. The quantitative estimate of drug-likeness (QED) is 0.167. The average molecular weight is 663 g/mol. The molecule has 0 saturated heterocycles. The molecule has 0 spiro atoms. The third-order valence-corrected chi connectivity index (χ3v) is 11.1. The summed E-state index contributed by atoms with van der Waals surface area (Å²) in [5, 5.41) is 4.70. The normalized spacial score (nSPS) is 13.0. The molecule has 52 heavy (non-hydrogen) atoms. The highest BCUT2D eigenvalue weighted by molar-refractivity contribution is 6.39. The molecular weight excluding hydrogens is 627 g/mol. The molecular formula is C49H35BN2. The number of anilines is 3. The lowest BCUT2D eigenvalue weighted by Crippen LogP contribution is -2.16. The van der Waals surface area contributed by atoms with E-state index in [1.807, 2.05) is 12.1 Å². The van der Waals surface area contributed by atoms with Crippen LogP contribution in [0.5, 0.6) is 0 Å². The van der Waals surface area contributed by atoms with Gasteiger partial charge < -0.3 is 9.47 Å². The van der Waals surface area contributed by atoms with Gasteiger partial charge in [0.15, 0.2) is 0 Å². The lowest BCUT2D eigenvalue weighted by atomic mass is 9.82. The average Bonchev–Trinajstić information content (AvgIpc) is 3.64. The Balaban J connectivity index is 1.17. The van der Waals surface area contributed by atoms with Crippen molar-refractivity contribution in [3.63, 3.8) is 0 Å². The summed E-state index contributed by atoms with van der Waals surface area (Å²) in [4.78, 5) is 2.41. The van der Waals surface area contributed by atoms with E-state index in [4.69, 9.17) is 7.85 Å². The van der Waals surface area contributed by atoms with Crippen LogP contribution in [0.25, 0.3) is 60.5 Å². The number of nitrogens with zero attached hydrogens (tertiary/aromatic N) is 2. The van der Waals surface area contributed by atoms with Crippen LogP contribution in [-0.2, 0) is 5.41 Å². The van der Waals surface area contributed by atoms with Crippen molar-refractivity contribution < 1.29 is 0 Å². The van der Waals surface area contributed by atoms with Crippen LogP contribution in [0.3, 0.4) is 0 Å². The van der Waals surface area contributed by atoms with E-state index in [9.17, 15) is 0 Å². The van der Waals surface area contributed by atoms with Gasteiger partial charge >= 0.3 is 0 Å². The molecule has 0 saturated carbocycles. The van der Waals surface area contributed by atoms with Crippen LogP contribution in [0.1, 0.15) is 25.0 Å². The number of rotatable bonds is 5. The first-order valence-electron chi connectivity index (χ1n) is 18.0. The number of benzene rings is 8. The van der Waals surface area contributed by atoms with Gasteiger partial charge in [-0.15, -0.1) is 0 Å². The van der Waals surface area contributed by atoms with Gasteiger partial charge in [0.25, 0.3) is 0 Å². The predicted octanol–water partition coefficient (Wildman–Crippen LogP) is 12.2. The minimum absolute atomic E-state index is 0.110. The minimum Gasteiger partial charge on any atom is -0.310 e. The number of aromatic nitrogens is 1. The van der Waals surface area contributed by atoms with E-state index < -0.39 is 0 Å². The highest BCUT2D eigenvalue weighted by Gasteiger charge is 2.35. The highest BCUT2D eigenvalue weighted by Crippen LogP contribution is 2.51. The highest BCUT2D eigenvalue weighted by atomic mass is 15.1. The van der Waals surface area contributed by atoms with Crippen molar-refractivity contribution in [2.75, 3.05) is 4.90 Å². The molecule has 9 aromatic rings. The molecule has 0 atom stereocenters. The van der Waals surface area contributed by atoms with E-state index in [2.05, 4.69) is 187 Å². The lowest BCUT2D eigenvalue weighted by Gasteiger charge is -2.28. The summed E-state index contributed by atoms with van der Waals surface area (Å²) in [5.41, 5.74) is 15.3. The molecule has 10 rings (SSSR count). The SMILES string of the molecule is [B]c1cccc2c(-c3ccc(N(c4ccc5c(c4)C(C)(C)c4ccccc4-5)c4ccc5c(c4)c4ccccc4n5-c4ccccc4)cc3)cccc12. The Kier molecular flexibility index (Phi) is 6.81. The van der Waals surface area contributed by atoms with Crippen molar-refractivity contribution in [3.05, 3.63) is 187 Å². The molecule has 0 fully saturated rings. The Morgan fingerprint density at radius 2 is 1.06 bits per heavy atom. The van der Waals surface area contributed by atoms with Crippen LogP contribution in [0.15, 0.2) is 176 Å². The fourth-order valence-corrected chi connectivity index (χ4v) is 8.61. The van der Waals surface area contributed by atoms with Crippen molar-refractivity contribution in [1.82, 2.24) is 4.57 Å². The van der Waals surface area contributed by atoms with E-state index in [1.54, 1.807) is 0 Å². The van der Waals surface area contributed by atoms with Gasteiger partial charge in [-0.3, -0.25) is 0 Å². The smallest absolute Gasteiger partial charge is 0.114 e. The number of para-hydroxylation sites is 2. The van der Waals surface area contributed by atoms with Crippen molar-refractivity contribution in [3.8, 4) is 27.9 Å². The molecule has 0 amide bonds. The van der Waals surface area contributed by atoms with Gasteiger partial charge in [0.1, 0.15) is 7.85 Å². The fourth-order valence-electron chi connectivity index (χ4n) is 8.61. The van der Waals surface area contributed by atoms with Gasteiger partial charge in [-0.25, -0.2) is 0 Å². The first-order valence-corrected chi connectivity index (χ1v) is 18.0. The summed E-state index contributed by atoms with van der Waals surface area (Å²) in [6.07, 6.45) is 0. The van der Waals surface area contributed by atoms with Gasteiger partial charge in [0.05, 0.1) is 11.0 Å². The summed E-state index contributed by atoms with van der Waals surface area (Å²) < 4.78 is 2.37. The molecule has 1 aliphatic carbocycles. The van der Waals surface area contributed by atoms with Gasteiger partial charge in [-0.1, -0.05) is 135 Å². The Morgan fingerprint density at radius 1 is 0.442 bits per heavy atom. The van der Waals surface area contributed by atoms with E-state index >= 15 is 0 Å². The molecule has 0 bridgehead atoms. The Labute approximate surface area is 305 Å². The molecule has 1 heterocycles. The van der Waals surface area contributed by atoms with Crippen LogP contribution in [0, 0.1) is 0 Å². The fraction of sp³-hybridized carbons (Fsp3) is 0.0612. The largest absolute Gasteiger partial charge is 0.310 e. The molecule has 2 nitrogen and oxygen atoms in total. The summed E-state index contributed by atoms with van der Waals surface area (Å²) >= 11 is 0. The molecule has 0 N–H and O–H groups in total. The number of fused-ring (bicyclic) bond motifs is 7. The molecule has 244 valence electrons. The van der Waals surface area contributed by atoms with Crippen LogP contribution in [0.4, 0.5) is 17.1 Å². The van der Waals surface area contributed by atoms with Crippen LogP contribution in [-0.4, -0.2) is 12.4 Å². The van der Waals surface area contributed by atoms with Crippen LogP contribution < -0.4 is 10.4 Å². The minimum atomic E-state index is -0.110. The summed E-state index contributed by atoms with van der Waals surface area (Å²) in [5.74, 6) is 0. The van der Waals surface area contributed by atoms with Crippen molar-refractivity contribution in [2.45, 2.75) is 19.3 Å². The second-order valence-corrected chi connectivity index (χ2v) is 14.4. The van der Waals surface area contributed by atoms with Crippen LogP contribution in [0.2, 0.25) is 0 Å². The van der Waals surface area contributed by atoms with Gasteiger partial charge in [-0.05, 0) is 105 Å². The molecule has 1 aliphatic rings. The Morgan fingerprint density at radius 3 is 1.92 bits per heavy atom. The third kappa shape index (κ3) is 4.59. The van der Waals surface area contributed by atoms with Gasteiger partial charge in [-0.2, -0.15) is 0 Å². The maximum absolute atomic E-state index is 6.38. The van der Waals surface area contributed by atoms with E-state index in [1.165, 1.54) is 49.6 Å². The van der Waals surface area contributed by atoms with Gasteiger partial charge in [0, 0.05) is 38.9 Å². The molecule has 2 radical (unpaired) electrons. The number of hydrogen-bond donors (Lipinski definition) is 0. The third-order valence-electron chi connectivity index (χ3n) is 11.1. The standard InChI is InChI=1S/C49H35BN2/c1-49(2)44-19-8-6-14-39(44)40-28-26-36(31-45(40)49)51(34-24-22-32(23-25-34)37-16-10-18-41-38(37)17-11-20-46(41)50)35-27-29-48-43(30-35)42-15-7-9-21-47(42)52(48)33-12-4-3-5-13-33/h3-31H,1-2H3. The predicted molar refractivity (Wildman–Crippen MR) is 221 cm³/mol.